The molecule has 0 spiro atoms. The fourth-order valence-electron chi connectivity index (χ4n) is 1.10. The zero-order valence-corrected chi connectivity index (χ0v) is 7.68. The van der Waals surface area contributed by atoms with Gasteiger partial charge in [0.2, 0.25) is 0 Å². The minimum Gasteiger partial charge on any atom is -0.463 e. The van der Waals surface area contributed by atoms with E-state index in [1.165, 1.54) is 5.56 Å². The molecule has 1 nitrogen and oxygen atoms in total. The molecular weight excluding hydrogens is 204 g/mol. The van der Waals surface area contributed by atoms with Gasteiger partial charge < -0.3 is 4.42 Å². The van der Waals surface area contributed by atoms with Gasteiger partial charge in [-0.2, -0.15) is 0 Å². The molecule has 0 amide bonds. The Hall–Kier alpha value is -0.760. The van der Waals surface area contributed by atoms with E-state index in [0.717, 1.165) is 15.4 Å². The van der Waals surface area contributed by atoms with E-state index >= 15 is 0 Å². The molecule has 2 aromatic rings. The summed E-state index contributed by atoms with van der Waals surface area (Å²) in [5, 5.41) is 1.13. The minimum atomic E-state index is 0.942. The van der Waals surface area contributed by atoms with Crippen LogP contribution < -0.4 is 0 Å². The van der Waals surface area contributed by atoms with Crippen LogP contribution in [0.2, 0.25) is 0 Å². The third kappa shape index (κ3) is 1.07. The van der Waals surface area contributed by atoms with E-state index < -0.39 is 0 Å². The first-order valence-electron chi connectivity index (χ1n) is 3.41. The maximum atomic E-state index is 5.28. The Kier molecular flexibility index (Phi) is 1.50. The second kappa shape index (κ2) is 2.38. The quantitative estimate of drug-likeness (QED) is 0.649. The fraction of sp³-hybridized carbons (Fsp3) is 0.111. The lowest BCUT2D eigenvalue weighted by Gasteiger charge is -1.90. The predicted molar refractivity (Wildman–Crippen MR) is 48.7 cm³/mol. The Bertz CT molecular complexity index is 389. The zero-order valence-electron chi connectivity index (χ0n) is 6.10. The van der Waals surface area contributed by atoms with E-state index in [0.29, 0.717) is 0 Å². The summed E-state index contributed by atoms with van der Waals surface area (Å²) in [4.78, 5) is 0. The lowest BCUT2D eigenvalue weighted by Crippen LogP contribution is -1.69. The van der Waals surface area contributed by atoms with Gasteiger partial charge in [0.15, 0.2) is 0 Å². The average molecular weight is 211 g/mol. The third-order valence-electron chi connectivity index (χ3n) is 1.68. The summed E-state index contributed by atoms with van der Waals surface area (Å²) in [5.41, 5.74) is 2.16. The van der Waals surface area contributed by atoms with Crippen molar-refractivity contribution in [3.63, 3.8) is 0 Å². The predicted octanol–water partition coefficient (Wildman–Crippen LogP) is 3.50. The molecule has 0 aliphatic rings. The summed E-state index contributed by atoms with van der Waals surface area (Å²) in [6, 6.07) is 6.15. The van der Waals surface area contributed by atoms with Crippen molar-refractivity contribution in [3.8, 4) is 0 Å². The number of halogens is 1. The topological polar surface area (TPSA) is 13.1 Å². The highest BCUT2D eigenvalue weighted by Crippen LogP contribution is 2.26. The van der Waals surface area contributed by atoms with Gasteiger partial charge in [-0.25, -0.2) is 0 Å². The minimum absolute atomic E-state index is 0.942. The zero-order chi connectivity index (χ0) is 7.84. The Balaban J connectivity index is 2.86. The van der Waals surface area contributed by atoms with E-state index in [-0.39, 0.29) is 0 Å². The van der Waals surface area contributed by atoms with Crippen LogP contribution in [0.4, 0.5) is 0 Å². The van der Waals surface area contributed by atoms with Gasteiger partial charge in [0.25, 0.3) is 0 Å². The van der Waals surface area contributed by atoms with E-state index in [4.69, 9.17) is 4.42 Å². The summed E-state index contributed by atoms with van der Waals surface area (Å²) in [5.74, 6) is 0. The number of fused-ring (bicyclic) bond motifs is 1. The highest BCUT2D eigenvalue weighted by molar-refractivity contribution is 9.10. The molecule has 0 saturated heterocycles. The van der Waals surface area contributed by atoms with Gasteiger partial charge in [0.1, 0.15) is 11.8 Å². The van der Waals surface area contributed by atoms with Crippen molar-refractivity contribution in [1.82, 2.24) is 0 Å². The third-order valence-corrected chi connectivity index (χ3v) is 2.30. The molecule has 2 heteroatoms. The normalized spacial score (nSPS) is 10.7. The summed E-state index contributed by atoms with van der Waals surface area (Å²) < 4.78 is 6.30. The van der Waals surface area contributed by atoms with Crippen molar-refractivity contribution in [2.45, 2.75) is 6.92 Å². The molecule has 56 valence electrons. The SMILES string of the molecule is Cc1ccc2c(Br)coc2c1. The molecule has 0 fully saturated rings. The molecule has 0 aliphatic carbocycles. The van der Waals surface area contributed by atoms with Crippen LogP contribution in [0.25, 0.3) is 11.0 Å². The van der Waals surface area contributed by atoms with Crippen molar-refractivity contribution >= 4 is 26.9 Å². The number of aryl methyl sites for hydroxylation is 1. The fourth-order valence-corrected chi connectivity index (χ4v) is 1.52. The molecule has 0 aliphatic heterocycles. The molecule has 1 aromatic heterocycles. The first-order valence-corrected chi connectivity index (χ1v) is 4.20. The van der Waals surface area contributed by atoms with Crippen molar-refractivity contribution < 1.29 is 4.42 Å². The van der Waals surface area contributed by atoms with Crippen LogP contribution in [0.15, 0.2) is 33.4 Å². The van der Waals surface area contributed by atoms with Gasteiger partial charge in [-0.05, 0) is 40.5 Å². The molecule has 2 rings (SSSR count). The van der Waals surface area contributed by atoms with Crippen LogP contribution in [0.5, 0.6) is 0 Å². The monoisotopic (exact) mass is 210 g/mol. The molecule has 0 unspecified atom stereocenters. The van der Waals surface area contributed by atoms with Crippen molar-refractivity contribution in [3.05, 3.63) is 34.5 Å². The molecule has 0 atom stereocenters. The Morgan fingerprint density at radius 1 is 1.36 bits per heavy atom. The van der Waals surface area contributed by atoms with Crippen molar-refractivity contribution in [2.75, 3.05) is 0 Å². The van der Waals surface area contributed by atoms with Gasteiger partial charge in [0, 0.05) is 5.39 Å². The maximum Gasteiger partial charge on any atom is 0.135 e. The van der Waals surface area contributed by atoms with Crippen LogP contribution in [0.3, 0.4) is 0 Å². The van der Waals surface area contributed by atoms with Crippen LogP contribution in [0, 0.1) is 6.92 Å². The number of hydrogen-bond donors (Lipinski definition) is 0. The standard InChI is InChI=1S/C9H7BrO/c1-6-2-3-7-8(10)5-11-9(7)4-6/h2-5H,1H3. The second-order valence-electron chi connectivity index (χ2n) is 2.58. The number of hydrogen-bond acceptors (Lipinski definition) is 1. The lowest BCUT2D eigenvalue weighted by molar-refractivity contribution is 0.613. The Morgan fingerprint density at radius 2 is 2.18 bits per heavy atom. The van der Waals surface area contributed by atoms with Gasteiger partial charge in [-0.1, -0.05) is 6.07 Å². The van der Waals surface area contributed by atoms with E-state index in [9.17, 15) is 0 Å². The molecule has 11 heavy (non-hydrogen) atoms. The molecular formula is C9H7BrO. The highest BCUT2D eigenvalue weighted by Gasteiger charge is 2.01. The van der Waals surface area contributed by atoms with Crippen LogP contribution in [-0.4, -0.2) is 0 Å². The maximum absolute atomic E-state index is 5.28. The van der Waals surface area contributed by atoms with E-state index in [1.54, 1.807) is 6.26 Å². The molecule has 0 saturated carbocycles. The second-order valence-corrected chi connectivity index (χ2v) is 3.44. The van der Waals surface area contributed by atoms with Gasteiger partial charge in [0.05, 0.1) is 4.47 Å². The molecule has 0 N–H and O–H groups in total. The largest absolute Gasteiger partial charge is 0.463 e. The smallest absolute Gasteiger partial charge is 0.135 e. The van der Waals surface area contributed by atoms with Gasteiger partial charge >= 0.3 is 0 Å². The average Bonchev–Trinajstić information content (AvgIpc) is 2.32. The van der Waals surface area contributed by atoms with E-state index in [2.05, 4.69) is 35.0 Å². The van der Waals surface area contributed by atoms with Crippen LogP contribution in [-0.2, 0) is 0 Å². The Morgan fingerprint density at radius 3 is 3.00 bits per heavy atom. The van der Waals surface area contributed by atoms with Gasteiger partial charge in [-0.15, -0.1) is 0 Å². The summed E-state index contributed by atoms with van der Waals surface area (Å²) in [6.07, 6.45) is 1.71. The van der Waals surface area contributed by atoms with Crippen LogP contribution >= 0.6 is 15.9 Å². The van der Waals surface area contributed by atoms with Gasteiger partial charge in [-0.3, -0.25) is 0 Å². The van der Waals surface area contributed by atoms with Crippen molar-refractivity contribution in [2.24, 2.45) is 0 Å². The molecule has 1 aromatic carbocycles. The van der Waals surface area contributed by atoms with Crippen LogP contribution in [0.1, 0.15) is 5.56 Å². The van der Waals surface area contributed by atoms with Crippen molar-refractivity contribution in [1.29, 1.82) is 0 Å². The number of furan rings is 1. The number of benzene rings is 1. The summed E-state index contributed by atoms with van der Waals surface area (Å²) in [6.45, 7) is 2.05. The Labute approximate surface area is 73.1 Å². The first kappa shape index (κ1) is 6.92. The summed E-state index contributed by atoms with van der Waals surface area (Å²) in [7, 11) is 0. The highest BCUT2D eigenvalue weighted by atomic mass is 79.9. The summed E-state index contributed by atoms with van der Waals surface area (Å²) >= 11 is 3.40. The first-order chi connectivity index (χ1) is 5.27. The van der Waals surface area contributed by atoms with E-state index in [1.807, 2.05) is 6.07 Å². The molecule has 0 radical (unpaired) electrons. The molecule has 0 bridgehead atoms. The lowest BCUT2D eigenvalue weighted by atomic mass is 10.2. The molecule has 1 heterocycles. The number of rotatable bonds is 0.